The van der Waals surface area contributed by atoms with Crippen LogP contribution in [0.1, 0.15) is 30.3 Å². The lowest BCUT2D eigenvalue weighted by molar-refractivity contribution is 0.0739. The van der Waals surface area contributed by atoms with Crippen LogP contribution in [0, 0.1) is 5.92 Å². The van der Waals surface area contributed by atoms with Gasteiger partial charge in [0, 0.05) is 45.5 Å². The fourth-order valence-electron chi connectivity index (χ4n) is 3.85. The Morgan fingerprint density at radius 1 is 0.963 bits per heavy atom. The zero-order chi connectivity index (χ0) is 18.6. The maximum absolute atomic E-state index is 12.8. The normalized spacial score (nSPS) is 20.6. The molecule has 2 aromatic rings. The molecule has 7 heteroatoms. The fourth-order valence-corrected chi connectivity index (χ4v) is 3.85. The molecule has 0 N–H and O–H groups in total. The van der Waals surface area contributed by atoms with Crippen molar-refractivity contribution < 1.29 is 4.79 Å². The number of amides is 1. The van der Waals surface area contributed by atoms with Crippen molar-refractivity contribution in [3.8, 4) is 0 Å². The molecule has 2 aliphatic heterocycles. The van der Waals surface area contributed by atoms with Crippen LogP contribution in [0.25, 0.3) is 0 Å². The van der Waals surface area contributed by atoms with Crippen LogP contribution in [0.4, 0.5) is 11.6 Å². The summed E-state index contributed by atoms with van der Waals surface area (Å²) < 4.78 is 0. The molecule has 4 rings (SSSR count). The average Bonchev–Trinajstić information content (AvgIpc) is 2.74. The second-order valence-electron chi connectivity index (χ2n) is 7.44. The Bertz CT molecular complexity index is 758. The maximum atomic E-state index is 12.8. The zero-order valence-electron chi connectivity index (χ0n) is 15.8. The van der Waals surface area contributed by atoms with Crippen molar-refractivity contribution in [2.75, 3.05) is 49.1 Å². The first kappa shape index (κ1) is 17.7. The summed E-state index contributed by atoms with van der Waals surface area (Å²) in [5.74, 6) is 2.47. The van der Waals surface area contributed by atoms with Gasteiger partial charge in [-0.25, -0.2) is 4.98 Å². The molecule has 0 aromatic carbocycles. The van der Waals surface area contributed by atoms with Gasteiger partial charge < -0.3 is 14.7 Å². The minimum atomic E-state index is -0.0401. The zero-order valence-corrected chi connectivity index (χ0v) is 15.8. The number of anilines is 2. The van der Waals surface area contributed by atoms with Gasteiger partial charge in [0.15, 0.2) is 11.5 Å². The van der Waals surface area contributed by atoms with Gasteiger partial charge in [0.2, 0.25) is 0 Å². The van der Waals surface area contributed by atoms with Gasteiger partial charge in [0.1, 0.15) is 5.82 Å². The van der Waals surface area contributed by atoms with Crippen molar-refractivity contribution in [1.82, 2.24) is 20.1 Å². The molecule has 4 heterocycles. The molecule has 0 saturated carbocycles. The van der Waals surface area contributed by atoms with Crippen LogP contribution in [-0.4, -0.2) is 65.3 Å². The molecule has 2 aromatic heterocycles. The number of hydrogen-bond donors (Lipinski definition) is 0. The topological polar surface area (TPSA) is 65.5 Å². The van der Waals surface area contributed by atoms with Gasteiger partial charge in [-0.05, 0) is 43.0 Å². The van der Waals surface area contributed by atoms with Crippen LogP contribution < -0.4 is 9.80 Å². The molecule has 0 bridgehead atoms. The SMILES string of the molecule is CC1CCCN(c2ccc(C(=O)N3CCN(c4ccccn4)CC3)nn2)C1. The summed E-state index contributed by atoms with van der Waals surface area (Å²) in [5.41, 5.74) is 0.426. The van der Waals surface area contributed by atoms with Gasteiger partial charge in [-0.2, -0.15) is 0 Å². The van der Waals surface area contributed by atoms with E-state index in [0.29, 0.717) is 24.7 Å². The molecule has 1 amide bonds. The minimum absolute atomic E-state index is 0.0401. The molecule has 142 valence electrons. The van der Waals surface area contributed by atoms with E-state index in [4.69, 9.17) is 0 Å². The summed E-state index contributed by atoms with van der Waals surface area (Å²) in [6.07, 6.45) is 4.25. The summed E-state index contributed by atoms with van der Waals surface area (Å²) in [5, 5.41) is 8.55. The van der Waals surface area contributed by atoms with E-state index in [1.54, 1.807) is 6.20 Å². The van der Waals surface area contributed by atoms with E-state index in [9.17, 15) is 4.79 Å². The van der Waals surface area contributed by atoms with E-state index in [1.807, 2.05) is 35.2 Å². The first-order valence-electron chi connectivity index (χ1n) is 9.74. The highest BCUT2D eigenvalue weighted by Crippen LogP contribution is 2.21. The lowest BCUT2D eigenvalue weighted by atomic mass is 10.0. The van der Waals surface area contributed by atoms with E-state index >= 15 is 0 Å². The predicted molar refractivity (Wildman–Crippen MR) is 105 cm³/mol. The van der Waals surface area contributed by atoms with Gasteiger partial charge >= 0.3 is 0 Å². The van der Waals surface area contributed by atoms with Crippen molar-refractivity contribution in [3.63, 3.8) is 0 Å². The number of pyridine rings is 1. The summed E-state index contributed by atoms with van der Waals surface area (Å²) in [6, 6.07) is 9.65. The van der Waals surface area contributed by atoms with Crippen molar-refractivity contribution in [3.05, 3.63) is 42.2 Å². The minimum Gasteiger partial charge on any atom is -0.355 e. The first-order chi connectivity index (χ1) is 13.2. The second kappa shape index (κ2) is 7.90. The number of carbonyl (C=O) groups excluding carboxylic acids is 1. The van der Waals surface area contributed by atoms with Crippen molar-refractivity contribution in [2.24, 2.45) is 5.92 Å². The second-order valence-corrected chi connectivity index (χ2v) is 7.44. The monoisotopic (exact) mass is 366 g/mol. The van der Waals surface area contributed by atoms with Crippen molar-refractivity contribution in [2.45, 2.75) is 19.8 Å². The van der Waals surface area contributed by atoms with E-state index in [-0.39, 0.29) is 5.91 Å². The number of carbonyl (C=O) groups is 1. The van der Waals surface area contributed by atoms with Gasteiger partial charge in [-0.15, -0.1) is 10.2 Å². The van der Waals surface area contributed by atoms with Crippen molar-refractivity contribution in [1.29, 1.82) is 0 Å². The molecule has 1 atom stereocenters. The Balaban J connectivity index is 1.36. The predicted octanol–water partition coefficient (Wildman–Crippen LogP) is 2.07. The van der Waals surface area contributed by atoms with E-state index < -0.39 is 0 Å². The highest BCUT2D eigenvalue weighted by Gasteiger charge is 2.24. The number of piperazine rings is 1. The molecule has 2 fully saturated rings. The molecule has 2 saturated heterocycles. The highest BCUT2D eigenvalue weighted by atomic mass is 16.2. The van der Waals surface area contributed by atoms with E-state index in [1.165, 1.54) is 12.8 Å². The highest BCUT2D eigenvalue weighted by molar-refractivity contribution is 5.92. The summed E-state index contributed by atoms with van der Waals surface area (Å²) in [7, 11) is 0. The van der Waals surface area contributed by atoms with Crippen LogP contribution in [-0.2, 0) is 0 Å². The largest absolute Gasteiger partial charge is 0.355 e. The van der Waals surface area contributed by atoms with Crippen LogP contribution in [0.2, 0.25) is 0 Å². The Kier molecular flexibility index (Phi) is 5.18. The third kappa shape index (κ3) is 4.02. The van der Waals surface area contributed by atoms with Crippen LogP contribution >= 0.6 is 0 Å². The number of hydrogen-bond acceptors (Lipinski definition) is 6. The molecule has 7 nitrogen and oxygen atoms in total. The van der Waals surface area contributed by atoms with E-state index in [0.717, 1.165) is 37.8 Å². The maximum Gasteiger partial charge on any atom is 0.274 e. The molecule has 0 radical (unpaired) electrons. The number of rotatable bonds is 3. The van der Waals surface area contributed by atoms with Crippen molar-refractivity contribution >= 4 is 17.5 Å². The molecular weight excluding hydrogens is 340 g/mol. The van der Waals surface area contributed by atoms with E-state index in [2.05, 4.69) is 31.9 Å². The Morgan fingerprint density at radius 3 is 2.48 bits per heavy atom. The standard InChI is InChI=1S/C20H26N6O/c1-16-5-4-10-26(15-16)19-8-7-17(22-23-19)20(27)25-13-11-24(12-14-25)18-6-2-3-9-21-18/h2-3,6-9,16H,4-5,10-15H2,1H3. The number of nitrogens with zero attached hydrogens (tertiary/aromatic N) is 6. The van der Waals surface area contributed by atoms with Gasteiger partial charge in [-0.3, -0.25) is 4.79 Å². The molecular formula is C20H26N6O. The quantitative estimate of drug-likeness (QED) is 0.829. The van der Waals surface area contributed by atoms with Crippen LogP contribution in [0.15, 0.2) is 36.5 Å². The Morgan fingerprint density at radius 2 is 1.81 bits per heavy atom. The van der Waals surface area contributed by atoms with Crippen LogP contribution in [0.3, 0.4) is 0 Å². The van der Waals surface area contributed by atoms with Crippen LogP contribution in [0.5, 0.6) is 0 Å². The first-order valence-corrected chi connectivity index (χ1v) is 9.74. The lowest BCUT2D eigenvalue weighted by Crippen LogP contribution is -2.49. The molecule has 2 aliphatic rings. The third-order valence-electron chi connectivity index (χ3n) is 5.39. The molecule has 0 aliphatic carbocycles. The Hall–Kier alpha value is -2.70. The summed E-state index contributed by atoms with van der Waals surface area (Å²) in [4.78, 5) is 23.5. The molecule has 1 unspecified atom stereocenters. The molecule has 27 heavy (non-hydrogen) atoms. The molecule has 0 spiro atoms. The lowest BCUT2D eigenvalue weighted by Gasteiger charge is -2.35. The fraction of sp³-hybridized carbons (Fsp3) is 0.500. The van der Waals surface area contributed by atoms with Gasteiger partial charge in [0.25, 0.3) is 5.91 Å². The summed E-state index contributed by atoms with van der Waals surface area (Å²) in [6.45, 7) is 7.19. The van der Waals surface area contributed by atoms with Gasteiger partial charge in [0.05, 0.1) is 0 Å². The smallest absolute Gasteiger partial charge is 0.274 e. The third-order valence-corrected chi connectivity index (χ3v) is 5.39. The summed E-state index contributed by atoms with van der Waals surface area (Å²) >= 11 is 0. The number of piperidine rings is 1. The average molecular weight is 366 g/mol. The Labute approximate surface area is 160 Å². The number of aromatic nitrogens is 3. The van der Waals surface area contributed by atoms with Gasteiger partial charge in [-0.1, -0.05) is 13.0 Å².